The van der Waals surface area contributed by atoms with Crippen molar-refractivity contribution in [3.05, 3.63) is 16.9 Å². The molecule has 7 heteroatoms. The summed E-state index contributed by atoms with van der Waals surface area (Å²) in [5.74, 6) is -0.0149. The van der Waals surface area contributed by atoms with Crippen LogP contribution in [0.3, 0.4) is 0 Å². The van der Waals surface area contributed by atoms with Gasteiger partial charge in [0.15, 0.2) is 0 Å². The summed E-state index contributed by atoms with van der Waals surface area (Å²) in [6.45, 7) is 3.23. The first-order valence-corrected chi connectivity index (χ1v) is 5.97. The molecule has 0 saturated heterocycles. The van der Waals surface area contributed by atoms with Gasteiger partial charge in [0.05, 0.1) is 5.75 Å². The molecule has 0 atom stereocenters. The lowest BCUT2D eigenvalue weighted by atomic mass is 10.5. The minimum atomic E-state index is -3.34. The maximum atomic E-state index is 11.2. The number of nitrogens with zero attached hydrogens (tertiary/aromatic N) is 2. The summed E-state index contributed by atoms with van der Waals surface area (Å²) in [7, 11) is -3.34. The first-order chi connectivity index (χ1) is 6.43. The van der Waals surface area contributed by atoms with E-state index in [2.05, 4.69) is 14.7 Å². The van der Waals surface area contributed by atoms with Gasteiger partial charge in [-0.3, -0.25) is 4.72 Å². The van der Waals surface area contributed by atoms with Crippen LogP contribution in [-0.2, 0) is 10.0 Å². The molecule has 0 bridgehead atoms. The van der Waals surface area contributed by atoms with Gasteiger partial charge in [0.2, 0.25) is 16.0 Å². The molecule has 78 valence electrons. The van der Waals surface area contributed by atoms with Crippen molar-refractivity contribution in [2.24, 2.45) is 0 Å². The standard InChI is InChI=1S/C7H10ClN3O2S/c1-3-14(12,13)11-7-9-5(2)4-6(8)10-7/h4H,3H2,1-2H3,(H,9,10,11). The fourth-order valence-corrected chi connectivity index (χ4v) is 1.54. The predicted molar refractivity (Wildman–Crippen MR) is 54.9 cm³/mol. The van der Waals surface area contributed by atoms with E-state index in [0.29, 0.717) is 5.69 Å². The quantitative estimate of drug-likeness (QED) is 0.800. The monoisotopic (exact) mass is 235 g/mol. The Hall–Kier alpha value is -0.880. The molecule has 14 heavy (non-hydrogen) atoms. The maximum Gasteiger partial charge on any atom is 0.238 e. The van der Waals surface area contributed by atoms with Crippen molar-refractivity contribution in [2.45, 2.75) is 13.8 Å². The number of anilines is 1. The summed E-state index contributed by atoms with van der Waals surface area (Å²) in [6.07, 6.45) is 0. The van der Waals surface area contributed by atoms with E-state index in [0.717, 1.165) is 0 Å². The average molecular weight is 236 g/mol. The van der Waals surface area contributed by atoms with E-state index in [1.807, 2.05) is 0 Å². The highest BCUT2D eigenvalue weighted by Gasteiger charge is 2.09. The van der Waals surface area contributed by atoms with Crippen molar-refractivity contribution in [3.8, 4) is 0 Å². The van der Waals surface area contributed by atoms with Crippen LogP contribution in [0.5, 0.6) is 0 Å². The molecule has 1 aromatic rings. The van der Waals surface area contributed by atoms with Crippen molar-refractivity contribution in [3.63, 3.8) is 0 Å². The molecular weight excluding hydrogens is 226 g/mol. The van der Waals surface area contributed by atoms with Crippen LogP contribution in [0.4, 0.5) is 5.95 Å². The van der Waals surface area contributed by atoms with Crippen molar-refractivity contribution in [2.75, 3.05) is 10.5 Å². The Kier molecular flexibility index (Phi) is 3.28. The van der Waals surface area contributed by atoms with Crippen LogP contribution >= 0.6 is 11.6 Å². The Morgan fingerprint density at radius 2 is 2.14 bits per heavy atom. The number of aryl methyl sites for hydroxylation is 1. The summed E-state index contributed by atoms with van der Waals surface area (Å²) >= 11 is 5.64. The van der Waals surface area contributed by atoms with Crippen LogP contribution in [0.15, 0.2) is 6.07 Å². The summed E-state index contributed by atoms with van der Waals surface area (Å²) < 4.78 is 24.5. The minimum Gasteiger partial charge on any atom is -0.251 e. The third-order valence-electron chi connectivity index (χ3n) is 1.45. The topological polar surface area (TPSA) is 72.0 Å². The zero-order chi connectivity index (χ0) is 10.8. The summed E-state index contributed by atoms with van der Waals surface area (Å²) in [5, 5.41) is 0.214. The first kappa shape index (κ1) is 11.2. The van der Waals surface area contributed by atoms with Gasteiger partial charge in [-0.1, -0.05) is 11.6 Å². The first-order valence-electron chi connectivity index (χ1n) is 3.94. The van der Waals surface area contributed by atoms with Crippen LogP contribution < -0.4 is 4.72 Å². The molecule has 0 saturated carbocycles. The van der Waals surface area contributed by atoms with Gasteiger partial charge in [0.1, 0.15) is 5.15 Å². The Balaban J connectivity index is 2.98. The predicted octanol–water partition coefficient (Wildman–Crippen LogP) is 1.20. The van der Waals surface area contributed by atoms with Crippen LogP contribution in [0.25, 0.3) is 0 Å². The molecular formula is C7H10ClN3O2S. The number of hydrogen-bond donors (Lipinski definition) is 1. The van der Waals surface area contributed by atoms with Crippen LogP contribution in [0.1, 0.15) is 12.6 Å². The lowest BCUT2D eigenvalue weighted by molar-refractivity contribution is 0.602. The van der Waals surface area contributed by atoms with E-state index >= 15 is 0 Å². The van der Waals surface area contributed by atoms with Crippen molar-refractivity contribution in [1.29, 1.82) is 0 Å². The summed E-state index contributed by atoms with van der Waals surface area (Å²) in [6, 6.07) is 1.55. The molecule has 0 aromatic carbocycles. The Morgan fingerprint density at radius 1 is 1.50 bits per heavy atom. The molecule has 0 spiro atoms. The Morgan fingerprint density at radius 3 is 2.64 bits per heavy atom. The largest absolute Gasteiger partial charge is 0.251 e. The molecule has 0 fully saturated rings. The van der Waals surface area contributed by atoms with Crippen molar-refractivity contribution < 1.29 is 8.42 Å². The lowest BCUT2D eigenvalue weighted by Gasteiger charge is -2.04. The average Bonchev–Trinajstić information content (AvgIpc) is 2.01. The molecule has 1 N–H and O–H groups in total. The summed E-state index contributed by atoms with van der Waals surface area (Å²) in [4.78, 5) is 7.61. The normalized spacial score (nSPS) is 11.4. The second kappa shape index (κ2) is 4.10. The van der Waals surface area contributed by atoms with E-state index in [-0.39, 0.29) is 16.9 Å². The summed E-state index contributed by atoms with van der Waals surface area (Å²) in [5.41, 5.74) is 0.610. The Labute approximate surface area is 87.6 Å². The number of halogens is 1. The molecule has 0 radical (unpaired) electrons. The molecule has 1 rings (SSSR count). The molecule has 0 amide bonds. The van der Waals surface area contributed by atoms with E-state index in [9.17, 15) is 8.42 Å². The molecule has 0 aliphatic rings. The highest BCUT2D eigenvalue weighted by Crippen LogP contribution is 2.10. The van der Waals surface area contributed by atoms with E-state index in [1.165, 1.54) is 6.92 Å². The second-order valence-corrected chi connectivity index (χ2v) is 5.06. The molecule has 1 aromatic heterocycles. The number of nitrogens with one attached hydrogen (secondary N) is 1. The highest BCUT2D eigenvalue weighted by molar-refractivity contribution is 7.92. The van der Waals surface area contributed by atoms with Gasteiger partial charge in [0, 0.05) is 5.69 Å². The van der Waals surface area contributed by atoms with Gasteiger partial charge in [0.25, 0.3) is 0 Å². The maximum absolute atomic E-state index is 11.2. The van der Waals surface area contributed by atoms with Gasteiger partial charge < -0.3 is 0 Å². The molecule has 0 aliphatic heterocycles. The van der Waals surface area contributed by atoms with Crippen molar-refractivity contribution >= 4 is 27.6 Å². The second-order valence-electron chi connectivity index (χ2n) is 2.66. The zero-order valence-corrected chi connectivity index (χ0v) is 9.35. The van der Waals surface area contributed by atoms with Gasteiger partial charge >= 0.3 is 0 Å². The fraction of sp³-hybridized carbons (Fsp3) is 0.429. The Bertz CT molecular complexity index is 412. The fourth-order valence-electron chi connectivity index (χ4n) is 0.787. The number of rotatable bonds is 3. The molecule has 0 unspecified atom stereocenters. The number of sulfonamides is 1. The third-order valence-corrected chi connectivity index (χ3v) is 2.90. The SMILES string of the molecule is CCS(=O)(=O)Nc1nc(C)cc(Cl)n1. The molecule has 0 aliphatic carbocycles. The van der Waals surface area contributed by atoms with Gasteiger partial charge in [-0.05, 0) is 19.9 Å². The van der Waals surface area contributed by atoms with Gasteiger partial charge in [-0.2, -0.15) is 0 Å². The van der Waals surface area contributed by atoms with Crippen LogP contribution in [-0.4, -0.2) is 24.1 Å². The lowest BCUT2D eigenvalue weighted by Crippen LogP contribution is -2.16. The zero-order valence-electron chi connectivity index (χ0n) is 7.78. The molecule has 1 heterocycles. The van der Waals surface area contributed by atoms with E-state index in [1.54, 1.807) is 13.0 Å². The minimum absolute atomic E-state index is 0.0110. The smallest absolute Gasteiger partial charge is 0.238 e. The number of aromatic nitrogens is 2. The van der Waals surface area contributed by atoms with Crippen LogP contribution in [0.2, 0.25) is 5.15 Å². The van der Waals surface area contributed by atoms with Gasteiger partial charge in [-0.25, -0.2) is 18.4 Å². The number of hydrogen-bond acceptors (Lipinski definition) is 4. The van der Waals surface area contributed by atoms with Gasteiger partial charge in [-0.15, -0.1) is 0 Å². The van der Waals surface area contributed by atoms with E-state index in [4.69, 9.17) is 11.6 Å². The molecule has 5 nitrogen and oxygen atoms in total. The van der Waals surface area contributed by atoms with Crippen molar-refractivity contribution in [1.82, 2.24) is 9.97 Å². The third kappa shape index (κ3) is 3.12. The van der Waals surface area contributed by atoms with E-state index < -0.39 is 10.0 Å². The highest BCUT2D eigenvalue weighted by atomic mass is 35.5. The van der Waals surface area contributed by atoms with Crippen LogP contribution in [0, 0.1) is 6.92 Å².